The van der Waals surface area contributed by atoms with Crippen molar-refractivity contribution in [3.05, 3.63) is 23.8 Å². The van der Waals surface area contributed by atoms with Crippen molar-refractivity contribution in [2.75, 3.05) is 25.1 Å². The molecule has 1 saturated heterocycles. The van der Waals surface area contributed by atoms with Gasteiger partial charge in [-0.1, -0.05) is 12.1 Å². The van der Waals surface area contributed by atoms with Crippen LogP contribution in [0.25, 0.3) is 0 Å². The van der Waals surface area contributed by atoms with E-state index in [1.165, 1.54) is 0 Å². The number of anilines is 1. The molecule has 0 bridgehead atoms. The summed E-state index contributed by atoms with van der Waals surface area (Å²) in [5.41, 5.74) is 7.26. The maximum atomic E-state index is 9.83. The summed E-state index contributed by atoms with van der Waals surface area (Å²) in [6.07, 6.45) is 0.428. The molecule has 0 aromatic heterocycles. The van der Waals surface area contributed by atoms with Crippen molar-refractivity contribution >= 4 is 11.5 Å². The molecule has 0 radical (unpaired) electrons. The van der Waals surface area contributed by atoms with E-state index in [-0.39, 0.29) is 17.9 Å². The third kappa shape index (κ3) is 2.80. The van der Waals surface area contributed by atoms with Gasteiger partial charge in [0, 0.05) is 24.7 Å². The Labute approximate surface area is 118 Å². The van der Waals surface area contributed by atoms with Gasteiger partial charge < -0.3 is 25.7 Å². The van der Waals surface area contributed by atoms with Crippen LogP contribution in [0.3, 0.4) is 0 Å². The minimum Gasteiger partial charge on any atom is -0.497 e. The first kappa shape index (κ1) is 14.5. The van der Waals surface area contributed by atoms with Gasteiger partial charge in [0.1, 0.15) is 5.75 Å². The van der Waals surface area contributed by atoms with Crippen LogP contribution in [0.15, 0.2) is 23.4 Å². The lowest BCUT2D eigenvalue weighted by Gasteiger charge is -2.37. The number of nitrogens with two attached hydrogens (primary N) is 1. The Hall–Kier alpha value is -1.95. The fraction of sp³-hybridized carbons (Fsp3) is 0.500. The van der Waals surface area contributed by atoms with E-state index in [2.05, 4.69) is 10.1 Å². The topological polar surface area (TPSA) is 91.3 Å². The fourth-order valence-corrected chi connectivity index (χ4v) is 2.52. The molecule has 0 saturated carbocycles. The number of ether oxygens (including phenoxy) is 1. The first-order valence-corrected chi connectivity index (χ1v) is 6.65. The fourth-order valence-electron chi connectivity index (χ4n) is 2.52. The minimum absolute atomic E-state index is 0.0708. The number of hydrogen-bond acceptors (Lipinski definition) is 5. The molecule has 2 atom stereocenters. The van der Waals surface area contributed by atoms with Crippen LogP contribution in [0.1, 0.15) is 18.9 Å². The number of rotatable bonds is 3. The van der Waals surface area contributed by atoms with Gasteiger partial charge in [0.25, 0.3) is 0 Å². The van der Waals surface area contributed by atoms with E-state index in [0.29, 0.717) is 17.7 Å². The van der Waals surface area contributed by atoms with E-state index in [0.717, 1.165) is 18.8 Å². The molecule has 0 spiro atoms. The van der Waals surface area contributed by atoms with Gasteiger partial charge in [-0.3, -0.25) is 0 Å². The molecular weight excluding hydrogens is 258 g/mol. The highest BCUT2D eigenvalue weighted by Crippen LogP contribution is 2.30. The summed E-state index contributed by atoms with van der Waals surface area (Å²) in [5, 5.41) is 21.8. The number of piperidine rings is 1. The Balaban J connectivity index is 2.37. The molecule has 4 N–H and O–H groups in total. The van der Waals surface area contributed by atoms with Crippen molar-refractivity contribution in [1.29, 1.82) is 0 Å². The summed E-state index contributed by atoms with van der Waals surface area (Å²) < 4.78 is 5.24. The maximum absolute atomic E-state index is 9.83. The quantitative estimate of drug-likeness (QED) is 0.332. The molecule has 20 heavy (non-hydrogen) atoms. The monoisotopic (exact) mass is 279 g/mol. The Morgan fingerprint density at radius 3 is 2.85 bits per heavy atom. The van der Waals surface area contributed by atoms with Crippen molar-refractivity contribution < 1.29 is 15.1 Å². The number of methoxy groups -OCH3 is 1. The summed E-state index contributed by atoms with van der Waals surface area (Å²) in [6, 6.07) is 5.43. The number of amidine groups is 1. The van der Waals surface area contributed by atoms with E-state index < -0.39 is 0 Å². The van der Waals surface area contributed by atoms with Crippen molar-refractivity contribution in [2.24, 2.45) is 16.8 Å². The average Bonchev–Trinajstić information content (AvgIpc) is 2.48. The second kappa shape index (κ2) is 6.00. The molecule has 1 aliphatic heterocycles. The number of aliphatic hydroxyl groups excluding tert-OH is 1. The Morgan fingerprint density at radius 2 is 2.25 bits per heavy atom. The van der Waals surface area contributed by atoms with Gasteiger partial charge >= 0.3 is 0 Å². The third-order valence-corrected chi connectivity index (χ3v) is 3.79. The highest BCUT2D eigenvalue weighted by molar-refractivity contribution is 6.02. The molecule has 6 nitrogen and oxygen atoms in total. The minimum atomic E-state index is -0.274. The molecular formula is C14H21N3O3. The summed E-state index contributed by atoms with van der Waals surface area (Å²) in [6.45, 7) is 3.46. The highest BCUT2D eigenvalue weighted by Gasteiger charge is 2.26. The predicted octanol–water partition coefficient (Wildman–Crippen LogP) is 0.997. The number of benzene rings is 1. The first-order chi connectivity index (χ1) is 9.56. The molecule has 1 heterocycles. The van der Waals surface area contributed by atoms with Crippen LogP contribution in [-0.2, 0) is 0 Å². The number of hydrogen-bond donors (Lipinski definition) is 3. The van der Waals surface area contributed by atoms with Crippen LogP contribution < -0.4 is 15.4 Å². The number of nitrogens with zero attached hydrogens (tertiary/aromatic N) is 2. The molecule has 0 amide bonds. The maximum Gasteiger partial charge on any atom is 0.172 e. The van der Waals surface area contributed by atoms with Gasteiger partial charge in [0.05, 0.1) is 18.9 Å². The van der Waals surface area contributed by atoms with Crippen LogP contribution in [0.2, 0.25) is 0 Å². The molecule has 110 valence electrons. The largest absolute Gasteiger partial charge is 0.497 e. The van der Waals surface area contributed by atoms with Crippen molar-refractivity contribution in [3.8, 4) is 5.75 Å². The number of aliphatic hydroxyl groups is 1. The molecule has 1 aromatic rings. The molecule has 1 fully saturated rings. The third-order valence-electron chi connectivity index (χ3n) is 3.79. The molecule has 1 aromatic carbocycles. The van der Waals surface area contributed by atoms with E-state index >= 15 is 0 Å². The second-order valence-corrected chi connectivity index (χ2v) is 5.15. The van der Waals surface area contributed by atoms with Crippen LogP contribution in [0, 0.1) is 5.92 Å². The zero-order chi connectivity index (χ0) is 14.7. The number of oxime groups is 1. The molecule has 1 aliphatic rings. The van der Waals surface area contributed by atoms with E-state index in [1.54, 1.807) is 19.2 Å². The van der Waals surface area contributed by atoms with Crippen LogP contribution in [0.5, 0.6) is 5.75 Å². The second-order valence-electron chi connectivity index (χ2n) is 5.15. The predicted molar refractivity (Wildman–Crippen MR) is 77.5 cm³/mol. The van der Waals surface area contributed by atoms with Crippen molar-refractivity contribution in [1.82, 2.24) is 0 Å². The Bertz CT molecular complexity index is 504. The normalized spacial score (nSPS) is 23.8. The average molecular weight is 279 g/mol. The lowest BCUT2D eigenvalue weighted by molar-refractivity contribution is 0.0971. The molecule has 2 unspecified atom stereocenters. The van der Waals surface area contributed by atoms with Crippen LogP contribution in [-0.4, -0.2) is 42.5 Å². The SMILES string of the molecule is COc1ccc(/C(N)=N/O)c(N2CCC(O)C(C)C2)c1. The smallest absolute Gasteiger partial charge is 0.172 e. The van der Waals surface area contributed by atoms with Gasteiger partial charge in [-0.25, -0.2) is 0 Å². The van der Waals surface area contributed by atoms with Gasteiger partial charge in [-0.15, -0.1) is 0 Å². The zero-order valence-electron chi connectivity index (χ0n) is 11.8. The summed E-state index contributed by atoms with van der Waals surface area (Å²) in [7, 11) is 1.60. The van der Waals surface area contributed by atoms with Gasteiger partial charge in [-0.2, -0.15) is 0 Å². The zero-order valence-corrected chi connectivity index (χ0v) is 11.8. The first-order valence-electron chi connectivity index (χ1n) is 6.65. The van der Waals surface area contributed by atoms with Gasteiger partial charge in [0.2, 0.25) is 0 Å². The van der Waals surface area contributed by atoms with E-state index in [4.69, 9.17) is 15.7 Å². The Morgan fingerprint density at radius 1 is 1.50 bits per heavy atom. The summed E-state index contributed by atoms with van der Waals surface area (Å²) in [5.74, 6) is 0.963. The lowest BCUT2D eigenvalue weighted by atomic mass is 9.95. The van der Waals surface area contributed by atoms with Gasteiger partial charge in [-0.05, 0) is 24.5 Å². The van der Waals surface area contributed by atoms with Crippen molar-refractivity contribution in [2.45, 2.75) is 19.4 Å². The van der Waals surface area contributed by atoms with Crippen LogP contribution in [0.4, 0.5) is 5.69 Å². The highest BCUT2D eigenvalue weighted by atomic mass is 16.5. The molecule has 2 rings (SSSR count). The Kier molecular flexibility index (Phi) is 4.34. The lowest BCUT2D eigenvalue weighted by Crippen LogP contribution is -2.42. The van der Waals surface area contributed by atoms with Gasteiger partial charge in [0.15, 0.2) is 5.84 Å². The van der Waals surface area contributed by atoms with Crippen LogP contribution >= 0.6 is 0 Å². The van der Waals surface area contributed by atoms with Crippen molar-refractivity contribution in [3.63, 3.8) is 0 Å². The van der Waals surface area contributed by atoms with E-state index in [1.807, 2.05) is 13.0 Å². The molecule has 6 heteroatoms. The summed E-state index contributed by atoms with van der Waals surface area (Å²) in [4.78, 5) is 2.13. The molecule has 0 aliphatic carbocycles. The summed E-state index contributed by atoms with van der Waals surface area (Å²) >= 11 is 0. The van der Waals surface area contributed by atoms with E-state index in [9.17, 15) is 5.11 Å². The standard InChI is InChI=1S/C14H21N3O3/c1-9-8-17(6-5-13(9)18)12-7-10(20-2)3-4-11(12)14(15)16-19/h3-4,7,9,13,18-19H,5-6,8H2,1-2H3,(H2,15,16).